The molecular weight excluding hydrogens is 310 g/mol. The van der Waals surface area contributed by atoms with E-state index in [0.29, 0.717) is 17.9 Å². The van der Waals surface area contributed by atoms with E-state index in [-0.39, 0.29) is 0 Å². The van der Waals surface area contributed by atoms with Crippen LogP contribution < -0.4 is 10.1 Å². The van der Waals surface area contributed by atoms with Crippen molar-refractivity contribution in [3.05, 3.63) is 78.0 Å². The van der Waals surface area contributed by atoms with Gasteiger partial charge in [-0.15, -0.1) is 0 Å². The lowest BCUT2D eigenvalue weighted by Crippen LogP contribution is -2.21. The summed E-state index contributed by atoms with van der Waals surface area (Å²) < 4.78 is 5.79. The van der Waals surface area contributed by atoms with Crippen molar-refractivity contribution in [2.45, 2.75) is 31.7 Å². The number of ether oxygens (including phenoxy) is 1. The first-order chi connectivity index (χ1) is 12.4. The van der Waals surface area contributed by atoms with Crippen molar-refractivity contribution in [1.29, 1.82) is 0 Å². The van der Waals surface area contributed by atoms with Gasteiger partial charge in [0, 0.05) is 18.3 Å². The summed E-state index contributed by atoms with van der Waals surface area (Å²) in [5.74, 6) is 1.96. The first kappa shape index (κ1) is 15.6. The molecule has 0 saturated heterocycles. The van der Waals surface area contributed by atoms with Gasteiger partial charge >= 0.3 is 0 Å². The average molecular weight is 331 g/mol. The first-order valence-corrected chi connectivity index (χ1v) is 8.76. The fourth-order valence-corrected chi connectivity index (χ4v) is 3.25. The summed E-state index contributed by atoms with van der Waals surface area (Å²) in [5.41, 5.74) is 2.93. The molecule has 1 aromatic heterocycles. The van der Waals surface area contributed by atoms with Gasteiger partial charge in [-0.2, -0.15) is 4.98 Å². The highest BCUT2D eigenvalue weighted by Crippen LogP contribution is 2.23. The third-order valence-corrected chi connectivity index (χ3v) is 4.57. The molecule has 25 heavy (non-hydrogen) atoms. The molecule has 1 heterocycles. The van der Waals surface area contributed by atoms with Crippen LogP contribution in [0.5, 0.6) is 11.6 Å². The van der Waals surface area contributed by atoms with Crippen molar-refractivity contribution >= 4 is 5.95 Å². The maximum Gasteiger partial charge on any atom is 0.226 e. The van der Waals surface area contributed by atoms with Crippen molar-refractivity contribution in [2.24, 2.45) is 0 Å². The Bertz CT molecular complexity index is 808. The molecule has 1 aliphatic rings. The van der Waals surface area contributed by atoms with Gasteiger partial charge in [-0.1, -0.05) is 42.5 Å². The standard InChI is InChI=1S/C21H21N3O/c1-2-8-19(9-3-1)25-20-14-15-22-21(24-20)23-18-12-10-16-6-4-5-7-17(16)11-13-18/h1-9,14-15,18H,10-13H2,(H,22,23,24). The van der Waals surface area contributed by atoms with Crippen LogP contribution in [0.15, 0.2) is 66.9 Å². The Morgan fingerprint density at radius 1 is 0.840 bits per heavy atom. The van der Waals surface area contributed by atoms with Gasteiger partial charge in [0.05, 0.1) is 0 Å². The Morgan fingerprint density at radius 3 is 2.24 bits per heavy atom. The highest BCUT2D eigenvalue weighted by molar-refractivity contribution is 5.34. The summed E-state index contributed by atoms with van der Waals surface area (Å²) in [4.78, 5) is 8.85. The summed E-state index contributed by atoms with van der Waals surface area (Å²) in [5, 5.41) is 3.48. The second-order valence-electron chi connectivity index (χ2n) is 6.32. The molecule has 0 spiro atoms. The molecule has 0 aliphatic heterocycles. The van der Waals surface area contributed by atoms with Gasteiger partial charge in [-0.3, -0.25) is 0 Å². The number of fused-ring (bicyclic) bond motifs is 1. The number of aryl methyl sites for hydroxylation is 2. The predicted molar refractivity (Wildman–Crippen MR) is 99.0 cm³/mol. The van der Waals surface area contributed by atoms with E-state index < -0.39 is 0 Å². The number of anilines is 1. The van der Waals surface area contributed by atoms with Gasteiger partial charge in [0.15, 0.2) is 0 Å². The van der Waals surface area contributed by atoms with E-state index in [1.54, 1.807) is 12.3 Å². The molecule has 0 bridgehead atoms. The molecule has 4 nitrogen and oxygen atoms in total. The Kier molecular flexibility index (Phi) is 4.59. The van der Waals surface area contributed by atoms with E-state index >= 15 is 0 Å². The Hall–Kier alpha value is -2.88. The zero-order valence-electron chi connectivity index (χ0n) is 14.1. The van der Waals surface area contributed by atoms with Crippen molar-refractivity contribution in [2.75, 3.05) is 5.32 Å². The lowest BCUT2D eigenvalue weighted by Gasteiger charge is -2.16. The van der Waals surface area contributed by atoms with E-state index in [2.05, 4.69) is 39.6 Å². The van der Waals surface area contributed by atoms with Gasteiger partial charge < -0.3 is 10.1 Å². The fraction of sp³-hybridized carbons (Fsp3) is 0.238. The van der Waals surface area contributed by atoms with E-state index in [0.717, 1.165) is 31.4 Å². The van der Waals surface area contributed by atoms with E-state index in [1.165, 1.54) is 11.1 Å². The SMILES string of the molecule is c1ccc(Oc2ccnc(NC3CCc4ccccc4CC3)n2)cc1. The number of hydrogen-bond acceptors (Lipinski definition) is 4. The summed E-state index contributed by atoms with van der Waals surface area (Å²) in [6.45, 7) is 0. The predicted octanol–water partition coefficient (Wildman–Crippen LogP) is 4.63. The largest absolute Gasteiger partial charge is 0.439 e. The number of aromatic nitrogens is 2. The Labute approximate surface area is 147 Å². The fourth-order valence-electron chi connectivity index (χ4n) is 3.25. The lowest BCUT2D eigenvalue weighted by molar-refractivity contribution is 0.461. The molecule has 2 aromatic carbocycles. The minimum Gasteiger partial charge on any atom is -0.439 e. The van der Waals surface area contributed by atoms with Gasteiger partial charge in [0.1, 0.15) is 5.75 Å². The number of para-hydroxylation sites is 1. The van der Waals surface area contributed by atoms with Crippen LogP contribution in [0, 0.1) is 0 Å². The summed E-state index contributed by atoms with van der Waals surface area (Å²) in [6, 6.07) is 20.6. The maximum absolute atomic E-state index is 5.79. The number of benzene rings is 2. The summed E-state index contributed by atoms with van der Waals surface area (Å²) in [6.07, 6.45) is 6.09. The molecule has 126 valence electrons. The van der Waals surface area contributed by atoms with Crippen molar-refractivity contribution < 1.29 is 4.74 Å². The van der Waals surface area contributed by atoms with Crippen LogP contribution in [0.1, 0.15) is 24.0 Å². The third-order valence-electron chi connectivity index (χ3n) is 4.57. The Balaban J connectivity index is 1.42. The number of hydrogen-bond donors (Lipinski definition) is 1. The van der Waals surface area contributed by atoms with Gasteiger partial charge in [0.2, 0.25) is 11.8 Å². The molecule has 0 saturated carbocycles. The molecule has 3 aromatic rings. The second kappa shape index (κ2) is 7.34. The van der Waals surface area contributed by atoms with Crippen molar-refractivity contribution in [1.82, 2.24) is 9.97 Å². The molecule has 4 rings (SSSR count). The van der Waals surface area contributed by atoms with Gasteiger partial charge in [-0.05, 0) is 48.9 Å². The van der Waals surface area contributed by atoms with Crippen LogP contribution >= 0.6 is 0 Å². The highest BCUT2D eigenvalue weighted by atomic mass is 16.5. The van der Waals surface area contributed by atoms with Crippen LogP contribution in [0.4, 0.5) is 5.95 Å². The van der Waals surface area contributed by atoms with E-state index in [9.17, 15) is 0 Å². The summed E-state index contributed by atoms with van der Waals surface area (Å²) >= 11 is 0. The normalized spacial score (nSPS) is 14.4. The average Bonchev–Trinajstić information content (AvgIpc) is 2.86. The minimum absolute atomic E-state index is 0.374. The van der Waals surface area contributed by atoms with Crippen LogP contribution in [-0.2, 0) is 12.8 Å². The van der Waals surface area contributed by atoms with E-state index in [4.69, 9.17) is 4.74 Å². The Morgan fingerprint density at radius 2 is 1.52 bits per heavy atom. The number of nitrogens with one attached hydrogen (secondary N) is 1. The molecule has 0 unspecified atom stereocenters. The van der Waals surface area contributed by atoms with E-state index in [1.807, 2.05) is 30.3 Å². The molecule has 0 radical (unpaired) electrons. The maximum atomic E-state index is 5.79. The van der Waals surface area contributed by atoms with Crippen molar-refractivity contribution in [3.8, 4) is 11.6 Å². The molecule has 0 fully saturated rings. The number of rotatable bonds is 4. The molecule has 0 amide bonds. The molecule has 1 N–H and O–H groups in total. The zero-order valence-corrected chi connectivity index (χ0v) is 14.1. The topological polar surface area (TPSA) is 47.0 Å². The molecule has 1 aliphatic carbocycles. The van der Waals surface area contributed by atoms with Crippen LogP contribution in [0.3, 0.4) is 0 Å². The van der Waals surface area contributed by atoms with Crippen LogP contribution in [-0.4, -0.2) is 16.0 Å². The van der Waals surface area contributed by atoms with Crippen LogP contribution in [0.2, 0.25) is 0 Å². The lowest BCUT2D eigenvalue weighted by atomic mass is 10.0. The third kappa shape index (κ3) is 3.97. The highest BCUT2D eigenvalue weighted by Gasteiger charge is 2.16. The number of nitrogens with zero attached hydrogens (tertiary/aromatic N) is 2. The summed E-state index contributed by atoms with van der Waals surface area (Å²) in [7, 11) is 0. The minimum atomic E-state index is 0.374. The molecule has 4 heteroatoms. The molecular formula is C21H21N3O. The monoisotopic (exact) mass is 331 g/mol. The van der Waals surface area contributed by atoms with Gasteiger partial charge in [0.25, 0.3) is 0 Å². The molecule has 0 atom stereocenters. The second-order valence-corrected chi connectivity index (χ2v) is 6.32. The first-order valence-electron chi connectivity index (χ1n) is 8.76. The zero-order chi connectivity index (χ0) is 16.9. The smallest absolute Gasteiger partial charge is 0.226 e. The van der Waals surface area contributed by atoms with Crippen LogP contribution in [0.25, 0.3) is 0 Å². The van der Waals surface area contributed by atoms with Gasteiger partial charge in [-0.25, -0.2) is 4.98 Å². The quantitative estimate of drug-likeness (QED) is 0.708. The van der Waals surface area contributed by atoms with Crippen molar-refractivity contribution in [3.63, 3.8) is 0 Å².